The molecule has 0 aliphatic carbocycles. The van der Waals surface area contributed by atoms with Crippen LogP contribution >= 0.6 is 0 Å². The molecule has 5 rings (SSSR count). The third kappa shape index (κ3) is 6.21. The largest absolute Gasteiger partial charge is 0.476 e. The Balaban J connectivity index is 1.50. The Kier molecular flexibility index (Phi) is 8.81. The van der Waals surface area contributed by atoms with Crippen molar-refractivity contribution in [3.8, 4) is 17.3 Å². The maximum absolute atomic E-state index is 6.50. The molecule has 7 nitrogen and oxygen atoms in total. The molecule has 1 fully saturated rings. The van der Waals surface area contributed by atoms with Crippen molar-refractivity contribution >= 4 is 10.9 Å². The number of aromatic nitrogens is 4. The Bertz CT molecular complexity index is 1450. The van der Waals surface area contributed by atoms with E-state index in [1.165, 1.54) is 22.3 Å². The van der Waals surface area contributed by atoms with Crippen LogP contribution in [0.4, 0.5) is 0 Å². The smallest absolute Gasteiger partial charge is 0.220 e. The summed E-state index contributed by atoms with van der Waals surface area (Å²) in [4.78, 5) is 12.6. The highest BCUT2D eigenvalue weighted by Crippen LogP contribution is 2.35. The minimum atomic E-state index is 0.319. The van der Waals surface area contributed by atoms with E-state index in [-0.39, 0.29) is 0 Å². The molecule has 0 saturated carbocycles. The molecule has 212 valence electrons. The van der Waals surface area contributed by atoms with E-state index in [2.05, 4.69) is 87.0 Å². The fourth-order valence-electron chi connectivity index (χ4n) is 5.53. The van der Waals surface area contributed by atoms with Crippen molar-refractivity contribution in [2.45, 2.75) is 66.2 Å². The zero-order valence-electron chi connectivity index (χ0n) is 24.9. The molecule has 2 aromatic carbocycles. The molecule has 3 heterocycles. The van der Waals surface area contributed by atoms with Crippen LogP contribution in [-0.4, -0.2) is 64.5 Å². The Morgan fingerprint density at radius 2 is 1.77 bits per heavy atom. The van der Waals surface area contributed by atoms with Crippen LogP contribution in [-0.2, 0) is 17.6 Å². The summed E-state index contributed by atoms with van der Waals surface area (Å²) >= 11 is 0. The number of aryl methyl sites for hydroxylation is 3. The zero-order chi connectivity index (χ0) is 28.2. The molecule has 1 saturated heterocycles. The molecule has 1 aliphatic rings. The van der Waals surface area contributed by atoms with Gasteiger partial charge in [0.05, 0.1) is 24.9 Å². The van der Waals surface area contributed by atoms with Crippen LogP contribution in [0.3, 0.4) is 0 Å². The fourth-order valence-corrected chi connectivity index (χ4v) is 5.53. The van der Waals surface area contributed by atoms with Crippen molar-refractivity contribution in [1.82, 2.24) is 25.1 Å². The first kappa shape index (κ1) is 28.2. The molecule has 2 aromatic heterocycles. The number of aromatic amines is 1. The summed E-state index contributed by atoms with van der Waals surface area (Å²) in [5.74, 6) is 2.23. The van der Waals surface area contributed by atoms with E-state index in [1.54, 1.807) is 0 Å². The summed E-state index contributed by atoms with van der Waals surface area (Å²) in [6.07, 6.45) is 3.63. The van der Waals surface area contributed by atoms with Crippen molar-refractivity contribution < 1.29 is 9.47 Å². The average molecular weight is 542 g/mol. The maximum Gasteiger partial charge on any atom is 0.220 e. The van der Waals surface area contributed by atoms with Gasteiger partial charge in [-0.05, 0) is 66.8 Å². The summed E-state index contributed by atoms with van der Waals surface area (Å²) < 4.78 is 12.0. The summed E-state index contributed by atoms with van der Waals surface area (Å²) in [7, 11) is 0. The lowest BCUT2D eigenvalue weighted by Gasteiger charge is -2.26. The number of hydrogen-bond donors (Lipinski definition) is 1. The van der Waals surface area contributed by atoms with E-state index in [9.17, 15) is 0 Å². The minimum absolute atomic E-state index is 0.319. The van der Waals surface area contributed by atoms with Crippen molar-refractivity contribution in [2.75, 3.05) is 39.5 Å². The van der Waals surface area contributed by atoms with Crippen LogP contribution in [0.1, 0.15) is 73.0 Å². The Labute approximate surface area is 238 Å². The van der Waals surface area contributed by atoms with E-state index in [4.69, 9.17) is 19.4 Å². The van der Waals surface area contributed by atoms with Gasteiger partial charge in [-0.2, -0.15) is 10.1 Å². The molecular formula is C33H43N5O2. The molecule has 0 bridgehead atoms. The highest BCUT2D eigenvalue weighted by atomic mass is 16.5. The second-order valence-corrected chi connectivity index (χ2v) is 11.6. The lowest BCUT2D eigenvalue weighted by atomic mass is 9.93. The van der Waals surface area contributed by atoms with Gasteiger partial charge in [-0.25, -0.2) is 4.98 Å². The molecule has 0 amide bonds. The Morgan fingerprint density at radius 3 is 2.52 bits per heavy atom. The number of benzene rings is 2. The highest BCUT2D eigenvalue weighted by molar-refractivity contribution is 5.94. The highest BCUT2D eigenvalue weighted by Gasteiger charge is 2.21. The number of ether oxygens (including phenoxy) is 2. The lowest BCUT2D eigenvalue weighted by Crippen LogP contribution is -2.38. The second kappa shape index (κ2) is 12.5. The van der Waals surface area contributed by atoms with Crippen LogP contribution < -0.4 is 4.74 Å². The molecule has 7 heteroatoms. The van der Waals surface area contributed by atoms with Gasteiger partial charge in [-0.1, -0.05) is 52.0 Å². The average Bonchev–Trinajstić information content (AvgIpc) is 3.42. The Morgan fingerprint density at radius 1 is 0.975 bits per heavy atom. The lowest BCUT2D eigenvalue weighted by molar-refractivity contribution is 0.0319. The van der Waals surface area contributed by atoms with Gasteiger partial charge in [0, 0.05) is 41.8 Å². The van der Waals surface area contributed by atoms with E-state index in [1.807, 2.05) is 6.20 Å². The maximum atomic E-state index is 6.50. The number of hydrogen-bond acceptors (Lipinski definition) is 6. The molecule has 1 N–H and O–H groups in total. The van der Waals surface area contributed by atoms with Gasteiger partial charge in [0.15, 0.2) is 5.82 Å². The minimum Gasteiger partial charge on any atom is -0.476 e. The molecule has 0 radical (unpaired) electrons. The number of fused-ring (bicyclic) bond motifs is 1. The number of morpholine rings is 1. The number of nitrogens with one attached hydrogen (secondary N) is 1. The first-order valence-electron chi connectivity index (χ1n) is 14.7. The first-order valence-corrected chi connectivity index (χ1v) is 14.7. The summed E-state index contributed by atoms with van der Waals surface area (Å²) in [6, 6.07) is 11.1. The number of H-pyrrole nitrogens is 1. The van der Waals surface area contributed by atoms with Gasteiger partial charge in [0.2, 0.25) is 5.88 Å². The van der Waals surface area contributed by atoms with Crippen molar-refractivity contribution in [1.29, 1.82) is 0 Å². The molecule has 1 aliphatic heterocycles. The molecular weight excluding hydrogens is 498 g/mol. The molecule has 0 spiro atoms. The van der Waals surface area contributed by atoms with Crippen LogP contribution in [0, 0.1) is 13.8 Å². The van der Waals surface area contributed by atoms with Crippen molar-refractivity contribution in [3.63, 3.8) is 0 Å². The van der Waals surface area contributed by atoms with Gasteiger partial charge in [0.25, 0.3) is 0 Å². The van der Waals surface area contributed by atoms with E-state index < -0.39 is 0 Å². The van der Waals surface area contributed by atoms with Crippen LogP contribution in [0.5, 0.6) is 5.88 Å². The standard InChI is InChI=1S/C33H43N5O2/c1-21(2)25-8-7-23(5)26(19-25)9-10-28-24(6)35-32(36-33(28)40-18-15-38-13-16-39-17-14-38)31-27(22(3)4)11-12-30-29(31)20-34-37-30/h7-8,11-12,19-22H,9-10,13-18H2,1-6H3,(H,34,37). The van der Waals surface area contributed by atoms with E-state index >= 15 is 0 Å². The summed E-state index contributed by atoms with van der Waals surface area (Å²) in [6.45, 7) is 18.1. The first-order chi connectivity index (χ1) is 19.3. The van der Waals surface area contributed by atoms with Crippen molar-refractivity contribution in [3.05, 3.63) is 70.0 Å². The van der Waals surface area contributed by atoms with Crippen LogP contribution in [0.15, 0.2) is 36.5 Å². The summed E-state index contributed by atoms with van der Waals surface area (Å²) in [5.41, 5.74) is 9.36. The number of nitrogens with zero attached hydrogens (tertiary/aromatic N) is 4. The summed E-state index contributed by atoms with van der Waals surface area (Å²) in [5, 5.41) is 8.47. The van der Waals surface area contributed by atoms with E-state index in [0.29, 0.717) is 30.1 Å². The third-order valence-corrected chi connectivity index (χ3v) is 8.11. The van der Waals surface area contributed by atoms with Crippen molar-refractivity contribution in [2.24, 2.45) is 0 Å². The molecule has 40 heavy (non-hydrogen) atoms. The predicted molar refractivity (Wildman–Crippen MR) is 161 cm³/mol. The molecule has 0 atom stereocenters. The molecule has 4 aromatic rings. The zero-order valence-corrected chi connectivity index (χ0v) is 24.9. The molecule has 0 unspecified atom stereocenters. The second-order valence-electron chi connectivity index (χ2n) is 11.6. The number of rotatable bonds is 10. The predicted octanol–water partition coefficient (Wildman–Crippen LogP) is 6.38. The normalized spacial score (nSPS) is 14.5. The van der Waals surface area contributed by atoms with Gasteiger partial charge in [0.1, 0.15) is 6.61 Å². The Hall–Kier alpha value is -3.29. The van der Waals surface area contributed by atoms with Crippen LogP contribution in [0.25, 0.3) is 22.3 Å². The van der Waals surface area contributed by atoms with Gasteiger partial charge in [-0.15, -0.1) is 0 Å². The van der Waals surface area contributed by atoms with Gasteiger partial charge < -0.3 is 9.47 Å². The fraction of sp³-hybridized carbons (Fsp3) is 0.485. The quantitative estimate of drug-likeness (QED) is 0.251. The topological polar surface area (TPSA) is 76.2 Å². The van der Waals surface area contributed by atoms with Gasteiger partial charge in [-0.3, -0.25) is 10.00 Å². The van der Waals surface area contributed by atoms with E-state index in [0.717, 1.165) is 73.4 Å². The third-order valence-electron chi connectivity index (χ3n) is 8.11. The van der Waals surface area contributed by atoms with Crippen LogP contribution in [0.2, 0.25) is 0 Å². The SMILES string of the molecule is Cc1ccc(C(C)C)cc1CCc1c(C)nc(-c2c(C(C)C)ccc3[nH]ncc23)nc1OCCN1CCOCC1. The van der Waals surface area contributed by atoms with Gasteiger partial charge >= 0.3 is 0 Å². The monoisotopic (exact) mass is 541 g/mol.